The zero-order valence-electron chi connectivity index (χ0n) is 13.8. The second-order valence-electron chi connectivity index (χ2n) is 5.26. The molecule has 0 fully saturated rings. The smallest absolute Gasteiger partial charge is 0.261 e. The van der Waals surface area contributed by atoms with Crippen molar-refractivity contribution in [3.8, 4) is 0 Å². The van der Waals surface area contributed by atoms with Crippen LogP contribution in [0.1, 0.15) is 22.8 Å². The Balaban J connectivity index is 2.19. The molecule has 2 N–H and O–H groups in total. The molecule has 0 saturated heterocycles. The van der Waals surface area contributed by atoms with Gasteiger partial charge in [-0.05, 0) is 42.8 Å². The summed E-state index contributed by atoms with van der Waals surface area (Å²) in [5.41, 5.74) is 1.44. The summed E-state index contributed by atoms with van der Waals surface area (Å²) in [5.74, 6) is -0.392. The van der Waals surface area contributed by atoms with Crippen LogP contribution in [-0.4, -0.2) is 27.2 Å². The zero-order valence-corrected chi connectivity index (χ0v) is 14.6. The number of nitrogens with one attached hydrogen (secondary N) is 2. The average Bonchev–Trinajstić information content (AvgIpc) is 2.59. The first kappa shape index (κ1) is 18.4. The Morgan fingerprint density at radius 3 is 2.32 bits per heavy atom. The molecular weight excluding hydrogens is 340 g/mol. The van der Waals surface area contributed by atoms with Gasteiger partial charge in [0, 0.05) is 24.4 Å². The molecule has 0 aliphatic carbocycles. The number of amides is 1. The van der Waals surface area contributed by atoms with Crippen LogP contribution >= 0.6 is 0 Å². The van der Waals surface area contributed by atoms with Gasteiger partial charge < -0.3 is 5.32 Å². The second kappa shape index (κ2) is 7.76. The van der Waals surface area contributed by atoms with E-state index in [-0.39, 0.29) is 16.6 Å². The molecule has 25 heavy (non-hydrogen) atoms. The highest BCUT2D eigenvalue weighted by Crippen LogP contribution is 2.18. The number of anilines is 1. The van der Waals surface area contributed by atoms with Crippen LogP contribution in [0.25, 0.3) is 6.08 Å². The van der Waals surface area contributed by atoms with Crippen LogP contribution in [0.3, 0.4) is 0 Å². The molecule has 0 heterocycles. The third-order valence-corrected chi connectivity index (χ3v) is 4.78. The maximum Gasteiger partial charge on any atom is 0.261 e. The summed E-state index contributed by atoms with van der Waals surface area (Å²) in [6.07, 6.45) is 2.94. The number of hydrogen-bond acceptors (Lipinski definition) is 4. The fourth-order valence-electron chi connectivity index (χ4n) is 2.03. The van der Waals surface area contributed by atoms with Gasteiger partial charge in [-0.1, -0.05) is 24.3 Å². The highest BCUT2D eigenvalue weighted by atomic mass is 32.2. The first-order valence-corrected chi connectivity index (χ1v) is 8.94. The number of hydrogen-bond donors (Lipinski definition) is 2. The van der Waals surface area contributed by atoms with Crippen LogP contribution in [0.5, 0.6) is 0 Å². The minimum absolute atomic E-state index is 0.0813. The topological polar surface area (TPSA) is 92.3 Å². The molecular formula is C18H18N2O4S. The molecule has 2 aromatic carbocycles. The third-order valence-electron chi connectivity index (χ3n) is 3.39. The number of rotatable bonds is 6. The molecule has 6 nitrogen and oxygen atoms in total. The van der Waals surface area contributed by atoms with E-state index in [1.165, 1.54) is 38.2 Å². The van der Waals surface area contributed by atoms with E-state index in [0.29, 0.717) is 16.8 Å². The molecule has 0 atom stereocenters. The van der Waals surface area contributed by atoms with E-state index < -0.39 is 10.0 Å². The van der Waals surface area contributed by atoms with Crippen LogP contribution in [-0.2, 0) is 14.8 Å². The van der Waals surface area contributed by atoms with Crippen LogP contribution in [0.15, 0.2) is 59.5 Å². The van der Waals surface area contributed by atoms with Gasteiger partial charge in [0.05, 0.1) is 4.90 Å². The van der Waals surface area contributed by atoms with Crippen molar-refractivity contribution in [3.05, 3.63) is 65.7 Å². The van der Waals surface area contributed by atoms with Crippen molar-refractivity contribution in [2.45, 2.75) is 11.8 Å². The van der Waals surface area contributed by atoms with E-state index in [1.807, 2.05) is 0 Å². The highest BCUT2D eigenvalue weighted by molar-refractivity contribution is 7.92. The predicted molar refractivity (Wildman–Crippen MR) is 96.8 cm³/mol. The van der Waals surface area contributed by atoms with Crippen molar-refractivity contribution in [1.29, 1.82) is 0 Å². The van der Waals surface area contributed by atoms with E-state index in [0.717, 1.165) is 0 Å². The Labute approximate surface area is 146 Å². The van der Waals surface area contributed by atoms with Crippen LogP contribution in [0.4, 0.5) is 5.69 Å². The summed E-state index contributed by atoms with van der Waals surface area (Å²) in [6.45, 7) is 1.42. The lowest BCUT2D eigenvalue weighted by Crippen LogP contribution is -2.14. The van der Waals surface area contributed by atoms with E-state index in [1.54, 1.807) is 36.4 Å². The molecule has 1 amide bonds. The van der Waals surface area contributed by atoms with Gasteiger partial charge in [-0.2, -0.15) is 0 Å². The molecule has 7 heteroatoms. The first-order chi connectivity index (χ1) is 11.8. The number of sulfonamides is 1. The number of ketones is 1. The van der Waals surface area contributed by atoms with Crippen molar-refractivity contribution in [2.24, 2.45) is 0 Å². The maximum atomic E-state index is 12.4. The summed E-state index contributed by atoms with van der Waals surface area (Å²) >= 11 is 0. The Morgan fingerprint density at radius 2 is 1.72 bits per heavy atom. The molecule has 130 valence electrons. The minimum Gasteiger partial charge on any atom is -0.356 e. The highest BCUT2D eigenvalue weighted by Gasteiger charge is 2.14. The summed E-state index contributed by atoms with van der Waals surface area (Å²) in [7, 11) is -2.25. The number of benzene rings is 2. The van der Waals surface area contributed by atoms with Gasteiger partial charge in [-0.15, -0.1) is 0 Å². The van der Waals surface area contributed by atoms with Gasteiger partial charge in [0.25, 0.3) is 10.0 Å². The summed E-state index contributed by atoms with van der Waals surface area (Å²) in [4.78, 5) is 22.6. The van der Waals surface area contributed by atoms with Crippen LogP contribution in [0, 0.1) is 0 Å². The van der Waals surface area contributed by atoms with Crippen molar-refractivity contribution in [2.75, 3.05) is 11.8 Å². The SMILES string of the molecule is CNC(=O)/C=C/c1ccc(S(=O)(=O)Nc2cccc(C(C)=O)c2)cc1. The van der Waals surface area contributed by atoms with Crippen molar-refractivity contribution in [3.63, 3.8) is 0 Å². The lowest BCUT2D eigenvalue weighted by molar-refractivity contribution is -0.115. The zero-order chi connectivity index (χ0) is 18.4. The van der Waals surface area contributed by atoms with Gasteiger partial charge in [-0.25, -0.2) is 8.42 Å². The molecule has 0 radical (unpaired) electrons. The maximum absolute atomic E-state index is 12.4. The van der Waals surface area contributed by atoms with E-state index >= 15 is 0 Å². The van der Waals surface area contributed by atoms with E-state index in [2.05, 4.69) is 10.0 Å². The van der Waals surface area contributed by atoms with Crippen LogP contribution < -0.4 is 10.0 Å². The quantitative estimate of drug-likeness (QED) is 0.613. The Hall–Kier alpha value is -2.93. The van der Waals surface area contributed by atoms with Gasteiger partial charge in [-0.3, -0.25) is 14.3 Å². The summed E-state index contributed by atoms with van der Waals surface area (Å²) in [6, 6.07) is 12.4. The lowest BCUT2D eigenvalue weighted by Gasteiger charge is -2.09. The molecule has 0 spiro atoms. The standard InChI is InChI=1S/C18H18N2O4S/c1-13(21)15-4-3-5-16(12-15)20-25(23,24)17-9-6-14(7-10-17)8-11-18(22)19-2/h3-12,20H,1-2H3,(H,19,22)/b11-8+. The molecule has 0 aliphatic rings. The second-order valence-corrected chi connectivity index (χ2v) is 6.94. The van der Waals surface area contributed by atoms with Gasteiger partial charge in [0.15, 0.2) is 5.78 Å². The molecule has 2 aromatic rings. The fourth-order valence-corrected chi connectivity index (χ4v) is 3.08. The van der Waals surface area contributed by atoms with Gasteiger partial charge in [0.2, 0.25) is 5.91 Å². The van der Waals surface area contributed by atoms with Crippen molar-refractivity contribution in [1.82, 2.24) is 5.32 Å². The van der Waals surface area contributed by atoms with Crippen LogP contribution in [0.2, 0.25) is 0 Å². The monoisotopic (exact) mass is 358 g/mol. The minimum atomic E-state index is -3.77. The first-order valence-electron chi connectivity index (χ1n) is 7.45. The van der Waals surface area contributed by atoms with E-state index in [9.17, 15) is 18.0 Å². The Kier molecular flexibility index (Phi) is 5.71. The summed E-state index contributed by atoms with van der Waals surface area (Å²) in [5, 5.41) is 2.45. The Bertz CT molecular complexity index is 916. The summed E-state index contributed by atoms with van der Waals surface area (Å²) < 4.78 is 27.3. The average molecular weight is 358 g/mol. The van der Waals surface area contributed by atoms with E-state index in [4.69, 9.17) is 0 Å². The molecule has 0 bridgehead atoms. The molecule has 0 aliphatic heterocycles. The van der Waals surface area contributed by atoms with Gasteiger partial charge >= 0.3 is 0 Å². The molecule has 0 aromatic heterocycles. The predicted octanol–water partition coefficient (Wildman–Crippen LogP) is 2.45. The number of likely N-dealkylation sites (N-methyl/N-ethyl adjacent to an activating group) is 1. The normalized spacial score (nSPS) is 11.3. The molecule has 0 unspecified atom stereocenters. The Morgan fingerprint density at radius 1 is 1.04 bits per heavy atom. The fraction of sp³-hybridized carbons (Fsp3) is 0.111. The molecule has 0 saturated carbocycles. The molecule has 2 rings (SSSR count). The van der Waals surface area contributed by atoms with Gasteiger partial charge in [0.1, 0.15) is 0 Å². The number of carbonyl (C=O) groups excluding carboxylic acids is 2. The third kappa shape index (κ3) is 5.02. The number of carbonyl (C=O) groups is 2. The number of Topliss-reactive ketones (excluding diaryl/α,β-unsaturated/α-hetero) is 1. The lowest BCUT2D eigenvalue weighted by atomic mass is 10.1. The van der Waals surface area contributed by atoms with Crippen molar-refractivity contribution < 1.29 is 18.0 Å². The largest absolute Gasteiger partial charge is 0.356 e. The van der Waals surface area contributed by atoms with Crippen molar-refractivity contribution >= 4 is 33.5 Å².